The molecule has 3 aromatic rings. The van der Waals surface area contributed by atoms with Crippen molar-refractivity contribution in [1.29, 1.82) is 0 Å². The highest BCUT2D eigenvalue weighted by molar-refractivity contribution is 6.26. The first-order valence-corrected chi connectivity index (χ1v) is 9.35. The summed E-state index contributed by atoms with van der Waals surface area (Å²) in [5, 5.41) is 43.7. The minimum Gasteiger partial charge on any atom is -0.508 e. The summed E-state index contributed by atoms with van der Waals surface area (Å²) in [6.45, 7) is 0.220. The van der Waals surface area contributed by atoms with Crippen LogP contribution in [0.3, 0.4) is 0 Å². The molecule has 0 bridgehead atoms. The second-order valence-corrected chi connectivity index (χ2v) is 7.04. The molecule has 0 radical (unpaired) electrons. The zero-order valence-corrected chi connectivity index (χ0v) is 16.3. The zero-order chi connectivity index (χ0) is 23.0. The van der Waals surface area contributed by atoms with Crippen LogP contribution in [0.4, 0.5) is 17.1 Å². The summed E-state index contributed by atoms with van der Waals surface area (Å²) < 4.78 is 0. The molecule has 11 heteroatoms. The van der Waals surface area contributed by atoms with Crippen molar-refractivity contribution in [3.8, 4) is 16.9 Å². The number of rotatable bonds is 6. The fraction of sp³-hybridized carbons (Fsp3) is 0.0952. The van der Waals surface area contributed by atoms with Crippen molar-refractivity contribution < 1.29 is 19.9 Å². The number of phenolic OH excluding ortho intramolecular Hbond substituents is 1. The van der Waals surface area contributed by atoms with Crippen molar-refractivity contribution in [2.75, 3.05) is 6.54 Å². The molecule has 1 aliphatic rings. The van der Waals surface area contributed by atoms with Crippen molar-refractivity contribution in [3.63, 3.8) is 0 Å². The molecule has 0 saturated heterocycles. The number of hydrogen-bond acceptors (Lipinski definition) is 8. The second-order valence-electron chi connectivity index (χ2n) is 7.04. The number of phenols is 1. The fourth-order valence-electron chi connectivity index (χ4n) is 3.67. The number of nitro groups is 3. The van der Waals surface area contributed by atoms with Gasteiger partial charge in [-0.1, -0.05) is 12.1 Å². The van der Waals surface area contributed by atoms with Gasteiger partial charge in [0.2, 0.25) is 0 Å². The van der Waals surface area contributed by atoms with Crippen molar-refractivity contribution in [2.24, 2.45) is 4.99 Å². The molecule has 0 saturated carbocycles. The molecular formula is C21H14N4O7. The maximum atomic E-state index is 11.7. The number of nitrogens with zero attached hydrogens (tertiary/aromatic N) is 4. The molecule has 4 rings (SSSR count). The normalized spacial score (nSPS) is 12.9. The molecule has 0 fully saturated rings. The number of aliphatic imine (C=N–C) groups is 1. The SMILES string of the molecule is O=[N+]([O-])c1ccc2c(c1)C(=NCCc1ccc(O)cc1)c1cc([N+](=O)[O-])cc([N+](=O)[O-])c1-2. The van der Waals surface area contributed by atoms with Crippen LogP contribution in [0, 0.1) is 30.3 Å². The van der Waals surface area contributed by atoms with Crippen LogP contribution in [0.1, 0.15) is 16.7 Å². The monoisotopic (exact) mass is 434 g/mol. The Kier molecular flexibility index (Phi) is 5.07. The molecular weight excluding hydrogens is 420 g/mol. The lowest BCUT2D eigenvalue weighted by molar-refractivity contribution is -0.393. The Bertz CT molecular complexity index is 1320. The van der Waals surface area contributed by atoms with Gasteiger partial charge in [0.15, 0.2) is 0 Å². The van der Waals surface area contributed by atoms with E-state index in [0.717, 1.165) is 11.6 Å². The smallest absolute Gasteiger partial charge is 0.284 e. The van der Waals surface area contributed by atoms with Crippen molar-refractivity contribution in [1.82, 2.24) is 0 Å². The van der Waals surface area contributed by atoms with Crippen LogP contribution in [0.15, 0.2) is 59.6 Å². The average molecular weight is 434 g/mol. The van der Waals surface area contributed by atoms with Gasteiger partial charge in [0, 0.05) is 35.9 Å². The first-order chi connectivity index (χ1) is 15.3. The van der Waals surface area contributed by atoms with E-state index < -0.39 is 26.1 Å². The molecule has 3 aromatic carbocycles. The molecule has 1 N–H and O–H groups in total. The molecule has 0 unspecified atom stereocenters. The lowest BCUT2D eigenvalue weighted by Crippen LogP contribution is -2.04. The number of benzene rings is 3. The summed E-state index contributed by atoms with van der Waals surface area (Å²) in [6, 6.07) is 12.5. The Balaban J connectivity index is 1.86. The van der Waals surface area contributed by atoms with E-state index in [1.165, 1.54) is 36.4 Å². The molecule has 0 atom stereocenters. The maximum absolute atomic E-state index is 11.7. The van der Waals surface area contributed by atoms with E-state index in [2.05, 4.69) is 4.99 Å². The second kappa shape index (κ2) is 7.87. The molecule has 11 nitrogen and oxygen atoms in total. The summed E-state index contributed by atoms with van der Waals surface area (Å²) >= 11 is 0. The van der Waals surface area contributed by atoms with Gasteiger partial charge in [-0.25, -0.2) is 0 Å². The van der Waals surface area contributed by atoms with E-state index >= 15 is 0 Å². The molecule has 0 spiro atoms. The Morgan fingerprint density at radius 3 is 2.03 bits per heavy atom. The Labute approximate surface area is 179 Å². The van der Waals surface area contributed by atoms with Crippen LogP contribution in [-0.2, 0) is 6.42 Å². The predicted octanol–water partition coefficient (Wildman–Crippen LogP) is 4.18. The molecule has 32 heavy (non-hydrogen) atoms. The van der Waals surface area contributed by atoms with Crippen molar-refractivity contribution in [2.45, 2.75) is 6.42 Å². The number of fused-ring (bicyclic) bond motifs is 3. The average Bonchev–Trinajstić information content (AvgIpc) is 3.07. The van der Waals surface area contributed by atoms with Crippen LogP contribution >= 0.6 is 0 Å². The van der Waals surface area contributed by atoms with Crippen LogP contribution in [0.5, 0.6) is 5.75 Å². The summed E-state index contributed by atoms with van der Waals surface area (Å²) in [5.74, 6) is 0.116. The molecule has 1 aliphatic carbocycles. The van der Waals surface area contributed by atoms with E-state index in [1.54, 1.807) is 12.1 Å². The molecule has 0 aliphatic heterocycles. The highest BCUT2D eigenvalue weighted by Crippen LogP contribution is 2.45. The molecule has 0 amide bonds. The van der Waals surface area contributed by atoms with Gasteiger partial charge in [0.1, 0.15) is 5.75 Å². The van der Waals surface area contributed by atoms with E-state index in [-0.39, 0.29) is 34.8 Å². The number of non-ortho nitro benzene ring substituents is 2. The first kappa shape index (κ1) is 20.6. The lowest BCUT2D eigenvalue weighted by atomic mass is 10.0. The Morgan fingerprint density at radius 1 is 0.750 bits per heavy atom. The largest absolute Gasteiger partial charge is 0.508 e. The number of nitro benzene ring substituents is 3. The lowest BCUT2D eigenvalue weighted by Gasteiger charge is -2.04. The Morgan fingerprint density at radius 2 is 1.41 bits per heavy atom. The number of aromatic hydroxyl groups is 1. The van der Waals surface area contributed by atoms with Gasteiger partial charge in [-0.3, -0.25) is 35.3 Å². The summed E-state index contributed by atoms with van der Waals surface area (Å²) in [7, 11) is 0. The van der Waals surface area contributed by atoms with Gasteiger partial charge in [0.25, 0.3) is 17.1 Å². The van der Waals surface area contributed by atoms with E-state index in [9.17, 15) is 35.4 Å². The third kappa shape index (κ3) is 3.62. The molecule has 0 heterocycles. The van der Waals surface area contributed by atoms with Crippen LogP contribution in [-0.4, -0.2) is 32.1 Å². The van der Waals surface area contributed by atoms with Gasteiger partial charge in [-0.15, -0.1) is 0 Å². The van der Waals surface area contributed by atoms with Gasteiger partial charge in [-0.05, 0) is 35.7 Å². The van der Waals surface area contributed by atoms with E-state index in [4.69, 9.17) is 0 Å². The van der Waals surface area contributed by atoms with Crippen LogP contribution in [0.25, 0.3) is 11.1 Å². The quantitative estimate of drug-likeness (QED) is 0.351. The maximum Gasteiger partial charge on any atom is 0.284 e. The standard InChI is InChI=1S/C21H14N4O7/c26-15-4-1-12(2-5-15)7-8-22-21-17-9-13(23(27)28)3-6-16(17)20-18(21)10-14(24(29)30)11-19(20)25(31)32/h1-6,9-11,26H,7-8H2. The van der Waals surface area contributed by atoms with Crippen molar-refractivity contribution >= 4 is 22.8 Å². The highest BCUT2D eigenvalue weighted by atomic mass is 16.6. The summed E-state index contributed by atoms with van der Waals surface area (Å²) in [6.07, 6.45) is 0.459. The minimum absolute atomic E-state index is 0.116. The molecule has 160 valence electrons. The van der Waals surface area contributed by atoms with E-state index in [1.807, 2.05) is 0 Å². The van der Waals surface area contributed by atoms with Crippen LogP contribution in [0.2, 0.25) is 0 Å². The minimum atomic E-state index is -0.729. The first-order valence-electron chi connectivity index (χ1n) is 9.35. The summed E-state index contributed by atoms with van der Waals surface area (Å²) in [5.41, 5.74) is 0.941. The molecule has 0 aromatic heterocycles. The third-order valence-electron chi connectivity index (χ3n) is 5.11. The van der Waals surface area contributed by atoms with Gasteiger partial charge in [-0.2, -0.15) is 0 Å². The van der Waals surface area contributed by atoms with E-state index in [0.29, 0.717) is 17.5 Å². The Hall–Kier alpha value is -4.67. The van der Waals surface area contributed by atoms with Gasteiger partial charge in [0.05, 0.1) is 32.1 Å². The highest BCUT2D eigenvalue weighted by Gasteiger charge is 2.35. The third-order valence-corrected chi connectivity index (χ3v) is 5.11. The van der Waals surface area contributed by atoms with Crippen LogP contribution < -0.4 is 0 Å². The summed E-state index contributed by atoms with van der Waals surface area (Å²) in [4.78, 5) is 36.8. The predicted molar refractivity (Wildman–Crippen MR) is 114 cm³/mol. The zero-order valence-electron chi connectivity index (χ0n) is 16.3. The van der Waals surface area contributed by atoms with Crippen molar-refractivity contribution in [3.05, 3.63) is 102 Å². The topological polar surface area (TPSA) is 162 Å². The fourth-order valence-corrected chi connectivity index (χ4v) is 3.67. The van der Waals surface area contributed by atoms with Gasteiger partial charge >= 0.3 is 0 Å². The van der Waals surface area contributed by atoms with Gasteiger partial charge < -0.3 is 5.11 Å². The number of hydrogen-bond donors (Lipinski definition) is 1.